The summed E-state index contributed by atoms with van der Waals surface area (Å²) in [6.07, 6.45) is 2.49. The number of benzene rings is 1. The molecule has 1 aliphatic rings. The van der Waals surface area contributed by atoms with E-state index in [1.165, 1.54) is 18.9 Å². The Labute approximate surface area is 125 Å². The Morgan fingerprint density at radius 2 is 2.05 bits per heavy atom. The van der Waals surface area contributed by atoms with Crippen LogP contribution < -0.4 is 5.32 Å². The van der Waals surface area contributed by atoms with Crippen LogP contribution >= 0.6 is 24.0 Å². The fourth-order valence-electron chi connectivity index (χ4n) is 2.52. The molecule has 0 amide bonds. The van der Waals surface area contributed by atoms with Gasteiger partial charge in [-0.05, 0) is 56.6 Å². The SMILES string of the molecule is CN(Cc1ccc(F)c(Cl)c1)CC1CCNCC1.Cl. The van der Waals surface area contributed by atoms with E-state index in [1.807, 2.05) is 0 Å². The fraction of sp³-hybridized carbons (Fsp3) is 0.571. The van der Waals surface area contributed by atoms with Gasteiger partial charge in [0.25, 0.3) is 0 Å². The Kier molecular flexibility index (Phi) is 7.08. The van der Waals surface area contributed by atoms with Crippen LogP contribution in [0.4, 0.5) is 4.39 Å². The molecule has 0 radical (unpaired) electrons. The molecule has 1 aromatic carbocycles. The molecule has 5 heteroatoms. The predicted octanol–water partition coefficient (Wildman–Crippen LogP) is 3.33. The number of hydrogen-bond acceptors (Lipinski definition) is 2. The van der Waals surface area contributed by atoms with Gasteiger partial charge in [-0.1, -0.05) is 17.7 Å². The maximum Gasteiger partial charge on any atom is 0.141 e. The van der Waals surface area contributed by atoms with Crippen molar-refractivity contribution < 1.29 is 4.39 Å². The van der Waals surface area contributed by atoms with Crippen LogP contribution in [0.15, 0.2) is 18.2 Å². The van der Waals surface area contributed by atoms with Crippen molar-refractivity contribution in [1.29, 1.82) is 0 Å². The third-order valence-corrected chi connectivity index (χ3v) is 3.75. The minimum absolute atomic E-state index is 0. The number of nitrogens with zero attached hydrogens (tertiary/aromatic N) is 1. The summed E-state index contributed by atoms with van der Waals surface area (Å²) in [6, 6.07) is 4.96. The van der Waals surface area contributed by atoms with Gasteiger partial charge < -0.3 is 10.2 Å². The van der Waals surface area contributed by atoms with Crippen LogP contribution in [-0.2, 0) is 6.54 Å². The smallest absolute Gasteiger partial charge is 0.141 e. The van der Waals surface area contributed by atoms with Crippen LogP contribution in [0.1, 0.15) is 18.4 Å². The van der Waals surface area contributed by atoms with Gasteiger partial charge in [0.1, 0.15) is 5.82 Å². The van der Waals surface area contributed by atoms with Gasteiger partial charge >= 0.3 is 0 Å². The van der Waals surface area contributed by atoms with Crippen molar-refractivity contribution in [2.24, 2.45) is 5.92 Å². The normalized spacial score (nSPS) is 16.4. The molecular formula is C14H21Cl2FN2. The minimum atomic E-state index is -0.346. The van der Waals surface area contributed by atoms with Gasteiger partial charge in [-0.15, -0.1) is 12.4 Å². The second-order valence-corrected chi connectivity index (χ2v) is 5.55. The quantitative estimate of drug-likeness (QED) is 0.918. The molecule has 108 valence electrons. The van der Waals surface area contributed by atoms with Crippen LogP contribution in [-0.4, -0.2) is 31.6 Å². The maximum atomic E-state index is 13.1. The first-order chi connectivity index (χ1) is 8.65. The van der Waals surface area contributed by atoms with E-state index in [1.54, 1.807) is 12.1 Å². The van der Waals surface area contributed by atoms with Gasteiger partial charge in [-0.2, -0.15) is 0 Å². The molecule has 1 fully saturated rings. The first-order valence-corrected chi connectivity index (χ1v) is 6.86. The van der Waals surface area contributed by atoms with Gasteiger partial charge in [-0.25, -0.2) is 4.39 Å². The van der Waals surface area contributed by atoms with E-state index in [2.05, 4.69) is 17.3 Å². The van der Waals surface area contributed by atoms with Crippen LogP contribution in [0.5, 0.6) is 0 Å². The van der Waals surface area contributed by atoms with E-state index in [0.717, 1.165) is 37.7 Å². The highest BCUT2D eigenvalue weighted by atomic mass is 35.5. The summed E-state index contributed by atoms with van der Waals surface area (Å²) in [7, 11) is 2.11. The zero-order chi connectivity index (χ0) is 13.0. The summed E-state index contributed by atoms with van der Waals surface area (Å²) >= 11 is 5.79. The van der Waals surface area contributed by atoms with E-state index >= 15 is 0 Å². The monoisotopic (exact) mass is 306 g/mol. The van der Waals surface area contributed by atoms with E-state index in [-0.39, 0.29) is 23.2 Å². The number of halogens is 3. The second-order valence-electron chi connectivity index (χ2n) is 5.14. The average molecular weight is 307 g/mol. The highest BCUT2D eigenvalue weighted by Gasteiger charge is 2.15. The molecule has 1 N–H and O–H groups in total. The summed E-state index contributed by atoms with van der Waals surface area (Å²) in [6.45, 7) is 4.17. The maximum absolute atomic E-state index is 13.1. The standard InChI is InChI=1S/C14H20ClFN2.ClH/c1-18(9-11-4-6-17-7-5-11)10-12-2-3-14(16)13(15)8-12;/h2-3,8,11,17H,4-7,9-10H2,1H3;1H. The number of nitrogens with one attached hydrogen (secondary N) is 1. The van der Waals surface area contributed by atoms with E-state index in [0.29, 0.717) is 0 Å². The molecule has 0 saturated carbocycles. The highest BCUT2D eigenvalue weighted by Crippen LogP contribution is 2.18. The molecule has 2 rings (SSSR count). The Hall–Kier alpha value is -0.350. The summed E-state index contributed by atoms with van der Waals surface area (Å²) in [4.78, 5) is 2.29. The molecule has 0 aromatic heterocycles. The first kappa shape index (κ1) is 16.7. The van der Waals surface area contributed by atoms with Crippen molar-refractivity contribution >= 4 is 24.0 Å². The van der Waals surface area contributed by atoms with Gasteiger partial charge in [0.05, 0.1) is 5.02 Å². The Morgan fingerprint density at radius 1 is 1.37 bits per heavy atom. The van der Waals surface area contributed by atoms with Crippen LogP contribution in [0.25, 0.3) is 0 Å². The zero-order valence-corrected chi connectivity index (χ0v) is 12.7. The predicted molar refractivity (Wildman–Crippen MR) is 80.6 cm³/mol. The third-order valence-electron chi connectivity index (χ3n) is 3.47. The van der Waals surface area contributed by atoms with Gasteiger partial charge in [-0.3, -0.25) is 0 Å². The number of rotatable bonds is 4. The van der Waals surface area contributed by atoms with Crippen molar-refractivity contribution in [2.45, 2.75) is 19.4 Å². The van der Waals surface area contributed by atoms with Crippen molar-refractivity contribution in [3.8, 4) is 0 Å². The van der Waals surface area contributed by atoms with E-state index < -0.39 is 0 Å². The lowest BCUT2D eigenvalue weighted by atomic mass is 9.97. The topological polar surface area (TPSA) is 15.3 Å². The largest absolute Gasteiger partial charge is 0.317 e. The summed E-state index contributed by atoms with van der Waals surface area (Å²) in [5, 5.41) is 3.58. The van der Waals surface area contributed by atoms with Gasteiger partial charge in [0.2, 0.25) is 0 Å². The molecule has 19 heavy (non-hydrogen) atoms. The minimum Gasteiger partial charge on any atom is -0.317 e. The van der Waals surface area contributed by atoms with Gasteiger partial charge in [0.15, 0.2) is 0 Å². The molecule has 1 aromatic rings. The fourth-order valence-corrected chi connectivity index (χ4v) is 2.72. The number of piperidine rings is 1. The molecular weight excluding hydrogens is 286 g/mol. The molecule has 1 aliphatic heterocycles. The van der Waals surface area contributed by atoms with Gasteiger partial charge in [0, 0.05) is 13.1 Å². The summed E-state index contributed by atoms with van der Waals surface area (Å²) in [5.74, 6) is 0.425. The van der Waals surface area contributed by atoms with Crippen molar-refractivity contribution in [1.82, 2.24) is 10.2 Å². The molecule has 0 bridgehead atoms. The molecule has 0 aliphatic carbocycles. The lowest BCUT2D eigenvalue weighted by Crippen LogP contribution is -2.34. The van der Waals surface area contributed by atoms with E-state index in [9.17, 15) is 4.39 Å². The van der Waals surface area contributed by atoms with Crippen molar-refractivity contribution in [3.05, 3.63) is 34.6 Å². The highest BCUT2D eigenvalue weighted by molar-refractivity contribution is 6.30. The summed E-state index contributed by atoms with van der Waals surface area (Å²) < 4.78 is 13.1. The first-order valence-electron chi connectivity index (χ1n) is 6.48. The lowest BCUT2D eigenvalue weighted by Gasteiger charge is -2.27. The van der Waals surface area contributed by atoms with Crippen molar-refractivity contribution in [3.63, 3.8) is 0 Å². The summed E-state index contributed by atoms with van der Waals surface area (Å²) in [5.41, 5.74) is 1.07. The lowest BCUT2D eigenvalue weighted by molar-refractivity contribution is 0.234. The molecule has 2 nitrogen and oxygen atoms in total. The van der Waals surface area contributed by atoms with Crippen LogP contribution in [0, 0.1) is 11.7 Å². The Balaban J connectivity index is 0.00000180. The Bertz CT molecular complexity index is 395. The third kappa shape index (κ3) is 5.27. The average Bonchev–Trinajstić information content (AvgIpc) is 2.35. The molecule has 1 heterocycles. The second kappa shape index (κ2) is 8.05. The van der Waals surface area contributed by atoms with Crippen molar-refractivity contribution in [2.75, 3.05) is 26.7 Å². The molecule has 0 atom stereocenters. The zero-order valence-electron chi connectivity index (χ0n) is 11.2. The molecule has 0 unspecified atom stereocenters. The number of hydrogen-bond donors (Lipinski definition) is 1. The molecule has 1 saturated heterocycles. The Morgan fingerprint density at radius 3 is 2.68 bits per heavy atom. The van der Waals surface area contributed by atoms with Crippen LogP contribution in [0.3, 0.4) is 0 Å². The van der Waals surface area contributed by atoms with E-state index in [4.69, 9.17) is 11.6 Å². The van der Waals surface area contributed by atoms with Crippen LogP contribution in [0.2, 0.25) is 5.02 Å². The molecule has 0 spiro atoms.